The van der Waals surface area contributed by atoms with Crippen molar-refractivity contribution in [2.24, 2.45) is 4.99 Å². The van der Waals surface area contributed by atoms with E-state index >= 15 is 0 Å². The number of benzene rings is 2. The summed E-state index contributed by atoms with van der Waals surface area (Å²) in [6.45, 7) is 3.93. The van der Waals surface area contributed by atoms with E-state index in [1.807, 2.05) is 31.2 Å². The van der Waals surface area contributed by atoms with Crippen LogP contribution in [0.5, 0.6) is 11.5 Å². The molecule has 0 amide bonds. The molecule has 160 valence electrons. The zero-order chi connectivity index (χ0) is 20.2. The molecule has 0 aliphatic heterocycles. The van der Waals surface area contributed by atoms with Gasteiger partial charge in [-0.3, -0.25) is 4.99 Å². The Morgan fingerprint density at radius 2 is 1.76 bits per heavy atom. The van der Waals surface area contributed by atoms with Crippen molar-refractivity contribution in [1.82, 2.24) is 10.6 Å². The van der Waals surface area contributed by atoms with Crippen LogP contribution in [-0.4, -0.2) is 45.9 Å². The Morgan fingerprint density at radius 3 is 2.45 bits per heavy atom. The molecular weight excluding hydrogens is 488 g/mol. The molecule has 6 nitrogen and oxygen atoms in total. The number of hydrogen-bond acceptors (Lipinski definition) is 4. The van der Waals surface area contributed by atoms with E-state index in [1.165, 1.54) is 6.07 Å². The van der Waals surface area contributed by atoms with Crippen LogP contribution in [0, 0.1) is 5.82 Å². The lowest BCUT2D eigenvalue weighted by Crippen LogP contribution is -2.42. The van der Waals surface area contributed by atoms with Crippen LogP contribution in [0.3, 0.4) is 0 Å². The molecule has 0 spiro atoms. The van der Waals surface area contributed by atoms with Crippen LogP contribution < -0.4 is 20.1 Å². The molecule has 0 aromatic heterocycles. The second kappa shape index (κ2) is 14.0. The molecule has 2 rings (SSSR count). The number of hydrogen-bond donors (Lipinski definition) is 2. The second-order valence-corrected chi connectivity index (χ2v) is 6.10. The number of para-hydroxylation sites is 2. The number of methoxy groups -OCH3 is 1. The molecule has 0 fully saturated rings. The van der Waals surface area contributed by atoms with Crippen LogP contribution in [0.1, 0.15) is 12.5 Å². The van der Waals surface area contributed by atoms with Gasteiger partial charge in [-0.05, 0) is 25.1 Å². The highest BCUT2D eigenvalue weighted by Gasteiger charge is 2.09. The molecular formula is C21H29FIN3O3. The summed E-state index contributed by atoms with van der Waals surface area (Å²) in [5.74, 6) is 1.31. The van der Waals surface area contributed by atoms with Gasteiger partial charge in [0.25, 0.3) is 0 Å². The van der Waals surface area contributed by atoms with E-state index in [2.05, 4.69) is 15.6 Å². The first kappa shape index (κ1) is 25.0. The average molecular weight is 517 g/mol. The van der Waals surface area contributed by atoms with Gasteiger partial charge in [-0.2, -0.15) is 0 Å². The van der Waals surface area contributed by atoms with Crippen LogP contribution in [-0.2, 0) is 11.3 Å². The first-order valence-corrected chi connectivity index (χ1v) is 9.19. The maximum absolute atomic E-state index is 13.6. The molecule has 2 aromatic rings. The van der Waals surface area contributed by atoms with Crippen LogP contribution in [0.4, 0.5) is 4.39 Å². The largest absolute Gasteiger partial charge is 0.496 e. The third-order valence-electron chi connectivity index (χ3n) is 3.93. The van der Waals surface area contributed by atoms with Gasteiger partial charge in [0, 0.05) is 19.2 Å². The Morgan fingerprint density at radius 1 is 1.07 bits per heavy atom. The van der Waals surface area contributed by atoms with Gasteiger partial charge >= 0.3 is 0 Å². The summed E-state index contributed by atoms with van der Waals surface area (Å²) < 4.78 is 30.2. The van der Waals surface area contributed by atoms with Gasteiger partial charge in [0.2, 0.25) is 0 Å². The van der Waals surface area contributed by atoms with Crippen LogP contribution in [0.2, 0.25) is 0 Å². The van der Waals surface area contributed by atoms with Crippen molar-refractivity contribution in [2.45, 2.75) is 19.6 Å². The first-order chi connectivity index (χ1) is 13.6. The Hall–Kier alpha value is -2.07. The summed E-state index contributed by atoms with van der Waals surface area (Å²) in [5.41, 5.74) is 1.01. The van der Waals surface area contributed by atoms with Crippen molar-refractivity contribution < 1.29 is 18.6 Å². The number of aliphatic imine (C=N–C) groups is 1. The standard InChI is InChI=1S/C21H28FN3O3.HI/c1-16(28-20-11-7-5-9-18(20)22)14-25-21(23-2)24-12-13-27-15-17-8-4-6-10-19(17)26-3;/h4-11,16H,12-15H2,1-3H3,(H2,23,24,25);1H. The fraction of sp³-hybridized carbons (Fsp3) is 0.381. The van der Waals surface area contributed by atoms with Gasteiger partial charge in [0.15, 0.2) is 17.5 Å². The summed E-state index contributed by atoms with van der Waals surface area (Å²) in [5, 5.41) is 6.32. The molecule has 0 aliphatic rings. The minimum atomic E-state index is -0.371. The molecule has 0 saturated heterocycles. The summed E-state index contributed by atoms with van der Waals surface area (Å²) in [7, 11) is 3.33. The van der Waals surface area contributed by atoms with Crippen molar-refractivity contribution in [3.05, 3.63) is 59.9 Å². The molecule has 0 bridgehead atoms. The minimum Gasteiger partial charge on any atom is -0.496 e. The molecule has 29 heavy (non-hydrogen) atoms. The van der Waals surface area contributed by atoms with Crippen LogP contribution >= 0.6 is 24.0 Å². The lowest BCUT2D eigenvalue weighted by molar-refractivity contribution is 0.123. The topological polar surface area (TPSA) is 64.1 Å². The predicted molar refractivity (Wildman–Crippen MR) is 124 cm³/mol. The zero-order valence-corrected chi connectivity index (χ0v) is 19.3. The van der Waals surface area contributed by atoms with Gasteiger partial charge in [0.05, 0.1) is 26.9 Å². The Labute approximate surface area is 188 Å². The lowest BCUT2D eigenvalue weighted by atomic mass is 10.2. The third-order valence-corrected chi connectivity index (χ3v) is 3.93. The molecule has 0 saturated carbocycles. The fourth-order valence-electron chi connectivity index (χ4n) is 2.51. The summed E-state index contributed by atoms with van der Waals surface area (Å²) in [6, 6.07) is 14.1. The first-order valence-electron chi connectivity index (χ1n) is 9.19. The molecule has 0 radical (unpaired) electrons. The van der Waals surface area contributed by atoms with E-state index in [1.54, 1.807) is 32.4 Å². The minimum absolute atomic E-state index is 0. The molecule has 0 heterocycles. The normalized spacial score (nSPS) is 11.9. The van der Waals surface area contributed by atoms with E-state index in [0.717, 1.165) is 11.3 Å². The Kier molecular flexibility index (Phi) is 12.1. The summed E-state index contributed by atoms with van der Waals surface area (Å²) in [6.07, 6.45) is -0.225. The Bertz CT molecular complexity index is 761. The number of nitrogens with one attached hydrogen (secondary N) is 2. The maximum Gasteiger partial charge on any atom is 0.191 e. The molecule has 0 aliphatic carbocycles. The lowest BCUT2D eigenvalue weighted by Gasteiger charge is -2.18. The highest BCUT2D eigenvalue weighted by atomic mass is 127. The highest BCUT2D eigenvalue weighted by molar-refractivity contribution is 14.0. The van der Waals surface area contributed by atoms with Gasteiger partial charge in [-0.25, -0.2) is 4.39 Å². The quantitative estimate of drug-likeness (QED) is 0.218. The highest BCUT2D eigenvalue weighted by Crippen LogP contribution is 2.18. The smallest absolute Gasteiger partial charge is 0.191 e. The van der Waals surface area contributed by atoms with Gasteiger partial charge in [0.1, 0.15) is 11.9 Å². The van der Waals surface area contributed by atoms with E-state index in [4.69, 9.17) is 14.2 Å². The number of guanidine groups is 1. The number of halogens is 2. The fourth-order valence-corrected chi connectivity index (χ4v) is 2.51. The molecule has 1 unspecified atom stereocenters. The summed E-state index contributed by atoms with van der Waals surface area (Å²) >= 11 is 0. The SMILES string of the molecule is CN=C(NCCOCc1ccccc1OC)NCC(C)Oc1ccccc1F.I. The van der Waals surface area contributed by atoms with Crippen molar-refractivity contribution in [3.8, 4) is 11.5 Å². The van der Waals surface area contributed by atoms with Crippen molar-refractivity contribution >= 4 is 29.9 Å². The summed E-state index contributed by atoms with van der Waals surface area (Å²) in [4.78, 5) is 4.16. The van der Waals surface area contributed by atoms with Crippen molar-refractivity contribution in [2.75, 3.05) is 33.9 Å². The predicted octanol–water partition coefficient (Wildman–Crippen LogP) is 3.60. The van der Waals surface area contributed by atoms with Crippen molar-refractivity contribution in [1.29, 1.82) is 0 Å². The number of rotatable bonds is 10. The molecule has 2 aromatic carbocycles. The van der Waals surface area contributed by atoms with E-state index in [9.17, 15) is 4.39 Å². The molecule has 1 atom stereocenters. The Balaban J connectivity index is 0.00000420. The van der Waals surface area contributed by atoms with E-state index in [-0.39, 0.29) is 41.6 Å². The molecule has 2 N–H and O–H groups in total. The number of ether oxygens (including phenoxy) is 3. The van der Waals surface area contributed by atoms with Gasteiger partial charge in [-0.15, -0.1) is 24.0 Å². The number of nitrogens with zero attached hydrogens (tertiary/aromatic N) is 1. The maximum atomic E-state index is 13.6. The third kappa shape index (κ3) is 8.86. The van der Waals surface area contributed by atoms with E-state index < -0.39 is 0 Å². The molecule has 8 heteroatoms. The van der Waals surface area contributed by atoms with Crippen LogP contribution in [0.25, 0.3) is 0 Å². The van der Waals surface area contributed by atoms with Gasteiger partial charge in [-0.1, -0.05) is 30.3 Å². The monoisotopic (exact) mass is 517 g/mol. The average Bonchev–Trinajstić information content (AvgIpc) is 2.72. The van der Waals surface area contributed by atoms with Crippen molar-refractivity contribution in [3.63, 3.8) is 0 Å². The zero-order valence-electron chi connectivity index (χ0n) is 17.0. The van der Waals surface area contributed by atoms with E-state index in [0.29, 0.717) is 32.3 Å². The van der Waals surface area contributed by atoms with Crippen LogP contribution in [0.15, 0.2) is 53.5 Å². The van der Waals surface area contributed by atoms with Gasteiger partial charge < -0.3 is 24.8 Å². The second-order valence-electron chi connectivity index (χ2n) is 6.10.